The predicted octanol–water partition coefficient (Wildman–Crippen LogP) is 5.15. The fraction of sp³-hybridized carbons (Fsp3) is 0.133. The van der Waals surface area contributed by atoms with E-state index in [0.29, 0.717) is 4.47 Å². The summed E-state index contributed by atoms with van der Waals surface area (Å²) in [6.45, 7) is 1.39. The SMILES string of the molecule is Cc1cc(C(F)(F)F)ccc1C(=O)c1cc(Br)ccc1F. The molecular weight excluding hydrogens is 352 g/mol. The van der Waals surface area contributed by atoms with Crippen LogP contribution in [0.5, 0.6) is 0 Å². The molecule has 0 unspecified atom stereocenters. The Morgan fingerprint density at radius 1 is 1.05 bits per heavy atom. The molecule has 0 aliphatic carbocycles. The largest absolute Gasteiger partial charge is 0.416 e. The minimum Gasteiger partial charge on any atom is -0.288 e. The lowest BCUT2D eigenvalue weighted by molar-refractivity contribution is -0.137. The molecule has 0 saturated heterocycles. The summed E-state index contributed by atoms with van der Waals surface area (Å²) >= 11 is 3.13. The third kappa shape index (κ3) is 3.32. The second kappa shape index (κ2) is 5.60. The summed E-state index contributed by atoms with van der Waals surface area (Å²) in [5, 5.41) is 0. The van der Waals surface area contributed by atoms with Crippen molar-refractivity contribution in [3.8, 4) is 0 Å². The maximum atomic E-state index is 13.7. The van der Waals surface area contributed by atoms with Gasteiger partial charge in [-0.15, -0.1) is 0 Å². The highest BCUT2D eigenvalue weighted by molar-refractivity contribution is 9.10. The highest BCUT2D eigenvalue weighted by atomic mass is 79.9. The molecule has 110 valence electrons. The number of aryl methyl sites for hydroxylation is 1. The molecule has 0 N–H and O–H groups in total. The van der Waals surface area contributed by atoms with Gasteiger partial charge in [-0.05, 0) is 42.8 Å². The van der Waals surface area contributed by atoms with Crippen LogP contribution in [0.25, 0.3) is 0 Å². The number of hydrogen-bond donors (Lipinski definition) is 0. The van der Waals surface area contributed by atoms with Crippen LogP contribution in [-0.4, -0.2) is 5.78 Å². The van der Waals surface area contributed by atoms with E-state index in [-0.39, 0.29) is 16.7 Å². The van der Waals surface area contributed by atoms with Crippen molar-refractivity contribution in [3.63, 3.8) is 0 Å². The van der Waals surface area contributed by atoms with Crippen LogP contribution in [0.4, 0.5) is 17.6 Å². The van der Waals surface area contributed by atoms with Gasteiger partial charge in [0, 0.05) is 10.0 Å². The lowest BCUT2D eigenvalue weighted by Gasteiger charge is -2.11. The molecule has 2 aromatic rings. The Hall–Kier alpha value is -1.69. The molecule has 0 fully saturated rings. The first-order valence-electron chi connectivity index (χ1n) is 5.88. The standard InChI is InChI=1S/C15H9BrF4O/c1-8-6-9(15(18,19)20)2-4-11(8)14(21)12-7-10(16)3-5-13(12)17/h2-7H,1H3. The first kappa shape index (κ1) is 15.7. The van der Waals surface area contributed by atoms with Crippen molar-refractivity contribution in [3.05, 3.63) is 68.9 Å². The van der Waals surface area contributed by atoms with Gasteiger partial charge in [-0.2, -0.15) is 13.2 Å². The van der Waals surface area contributed by atoms with Crippen LogP contribution in [0.3, 0.4) is 0 Å². The zero-order valence-electron chi connectivity index (χ0n) is 10.8. The van der Waals surface area contributed by atoms with Gasteiger partial charge in [-0.25, -0.2) is 4.39 Å². The zero-order chi connectivity index (χ0) is 15.8. The fourth-order valence-corrected chi connectivity index (χ4v) is 2.27. The Balaban J connectivity index is 2.47. The van der Waals surface area contributed by atoms with Crippen LogP contribution in [0, 0.1) is 12.7 Å². The molecule has 0 amide bonds. The van der Waals surface area contributed by atoms with Crippen LogP contribution in [0.15, 0.2) is 40.9 Å². The van der Waals surface area contributed by atoms with Gasteiger partial charge in [0.2, 0.25) is 0 Å². The van der Waals surface area contributed by atoms with E-state index in [9.17, 15) is 22.4 Å². The number of ketones is 1. The van der Waals surface area contributed by atoms with Crippen molar-refractivity contribution in [2.45, 2.75) is 13.1 Å². The Kier molecular flexibility index (Phi) is 4.18. The van der Waals surface area contributed by atoms with Gasteiger partial charge in [-0.1, -0.05) is 22.0 Å². The molecule has 0 saturated carbocycles. The lowest BCUT2D eigenvalue weighted by Crippen LogP contribution is -2.10. The average Bonchev–Trinajstić information content (AvgIpc) is 2.39. The zero-order valence-corrected chi connectivity index (χ0v) is 12.3. The minimum absolute atomic E-state index is 0.0417. The van der Waals surface area contributed by atoms with Gasteiger partial charge >= 0.3 is 6.18 Å². The minimum atomic E-state index is -4.48. The van der Waals surface area contributed by atoms with Crippen molar-refractivity contribution in [2.24, 2.45) is 0 Å². The third-order valence-electron chi connectivity index (χ3n) is 2.97. The quantitative estimate of drug-likeness (QED) is 0.534. The van der Waals surface area contributed by atoms with Gasteiger partial charge in [0.05, 0.1) is 11.1 Å². The molecule has 0 heterocycles. The number of hydrogen-bond acceptors (Lipinski definition) is 1. The van der Waals surface area contributed by atoms with Crippen LogP contribution in [0.2, 0.25) is 0 Å². The van der Waals surface area contributed by atoms with Crippen LogP contribution < -0.4 is 0 Å². The topological polar surface area (TPSA) is 17.1 Å². The Bertz CT molecular complexity index is 707. The average molecular weight is 361 g/mol. The summed E-state index contributed by atoms with van der Waals surface area (Å²) in [6.07, 6.45) is -4.48. The summed E-state index contributed by atoms with van der Waals surface area (Å²) in [5.41, 5.74) is -0.840. The van der Waals surface area contributed by atoms with Gasteiger partial charge in [0.25, 0.3) is 0 Å². The molecule has 0 atom stereocenters. The predicted molar refractivity (Wildman–Crippen MR) is 73.7 cm³/mol. The van der Waals surface area contributed by atoms with Gasteiger partial charge in [0.15, 0.2) is 5.78 Å². The molecular formula is C15H9BrF4O. The number of carbonyl (C=O) groups is 1. The number of alkyl halides is 3. The maximum Gasteiger partial charge on any atom is 0.416 e. The molecule has 0 spiro atoms. The molecule has 0 aliphatic heterocycles. The van der Waals surface area contributed by atoms with Crippen molar-refractivity contribution < 1.29 is 22.4 Å². The lowest BCUT2D eigenvalue weighted by atomic mass is 9.97. The molecule has 6 heteroatoms. The van der Waals surface area contributed by atoms with E-state index in [1.54, 1.807) is 0 Å². The van der Waals surface area contributed by atoms with Crippen LogP contribution >= 0.6 is 15.9 Å². The van der Waals surface area contributed by atoms with Gasteiger partial charge < -0.3 is 0 Å². The number of rotatable bonds is 2. The van der Waals surface area contributed by atoms with Gasteiger partial charge in [-0.3, -0.25) is 4.79 Å². The summed E-state index contributed by atoms with van der Waals surface area (Å²) in [5.74, 6) is -1.37. The van der Waals surface area contributed by atoms with Crippen LogP contribution in [0.1, 0.15) is 27.0 Å². The summed E-state index contributed by atoms with van der Waals surface area (Å²) in [7, 11) is 0. The van der Waals surface area contributed by atoms with Crippen molar-refractivity contribution in [2.75, 3.05) is 0 Å². The molecule has 2 rings (SSSR count). The van der Waals surface area contributed by atoms with Gasteiger partial charge in [0.1, 0.15) is 5.82 Å². The number of carbonyl (C=O) groups excluding carboxylic acids is 1. The van der Waals surface area contributed by atoms with Crippen molar-refractivity contribution in [1.82, 2.24) is 0 Å². The van der Waals surface area contributed by atoms with Crippen molar-refractivity contribution in [1.29, 1.82) is 0 Å². The molecule has 0 radical (unpaired) electrons. The molecule has 0 bridgehead atoms. The molecule has 0 aromatic heterocycles. The first-order chi connectivity index (χ1) is 9.70. The first-order valence-corrected chi connectivity index (χ1v) is 6.67. The third-order valence-corrected chi connectivity index (χ3v) is 3.46. The monoisotopic (exact) mass is 360 g/mol. The van der Waals surface area contributed by atoms with E-state index < -0.39 is 23.3 Å². The van der Waals surface area contributed by atoms with E-state index in [1.807, 2.05) is 0 Å². The Morgan fingerprint density at radius 3 is 2.29 bits per heavy atom. The van der Waals surface area contributed by atoms with Crippen LogP contribution in [-0.2, 0) is 6.18 Å². The highest BCUT2D eigenvalue weighted by Crippen LogP contribution is 2.31. The normalized spacial score (nSPS) is 11.5. The van der Waals surface area contributed by atoms with E-state index >= 15 is 0 Å². The van der Waals surface area contributed by atoms with E-state index in [2.05, 4.69) is 15.9 Å². The Morgan fingerprint density at radius 2 is 1.71 bits per heavy atom. The smallest absolute Gasteiger partial charge is 0.288 e. The summed E-state index contributed by atoms with van der Waals surface area (Å²) in [6, 6.07) is 6.62. The second-order valence-electron chi connectivity index (χ2n) is 4.48. The van der Waals surface area contributed by atoms with Crippen molar-refractivity contribution >= 4 is 21.7 Å². The Labute approximate surface area is 126 Å². The molecule has 21 heavy (non-hydrogen) atoms. The summed E-state index contributed by atoms with van der Waals surface area (Å²) in [4.78, 5) is 12.3. The van der Waals surface area contributed by atoms with E-state index in [4.69, 9.17) is 0 Å². The summed E-state index contributed by atoms with van der Waals surface area (Å²) < 4.78 is 52.0. The van der Waals surface area contributed by atoms with E-state index in [0.717, 1.165) is 24.3 Å². The number of halogens is 5. The van der Waals surface area contributed by atoms with E-state index in [1.165, 1.54) is 19.1 Å². The highest BCUT2D eigenvalue weighted by Gasteiger charge is 2.31. The number of benzene rings is 2. The second-order valence-corrected chi connectivity index (χ2v) is 5.40. The molecule has 1 nitrogen and oxygen atoms in total. The maximum absolute atomic E-state index is 13.7. The molecule has 2 aromatic carbocycles. The fourth-order valence-electron chi connectivity index (χ4n) is 1.91. The molecule has 0 aliphatic rings.